The van der Waals surface area contributed by atoms with E-state index >= 15 is 0 Å². The van der Waals surface area contributed by atoms with E-state index in [0.717, 1.165) is 63.5 Å². The number of rotatable bonds is 8. The third-order valence-electron chi connectivity index (χ3n) is 5.73. The van der Waals surface area contributed by atoms with E-state index in [1.807, 2.05) is 18.2 Å². The number of hydrogen-bond acceptors (Lipinski definition) is 4. The number of carbonyl (C=O) groups is 1. The highest BCUT2D eigenvalue weighted by Crippen LogP contribution is 2.26. The fourth-order valence-electron chi connectivity index (χ4n) is 4.08. The third-order valence-corrected chi connectivity index (χ3v) is 5.73. The van der Waals surface area contributed by atoms with Crippen molar-refractivity contribution in [3.05, 3.63) is 35.4 Å². The average molecular weight is 373 g/mol. The SMILES string of the molecule is CCC(CC)C(CNC(=O)/C=C/c1ccc2c(c1)CCO2)N1CCOCC1. The molecule has 5 nitrogen and oxygen atoms in total. The summed E-state index contributed by atoms with van der Waals surface area (Å²) in [7, 11) is 0. The molecule has 0 aliphatic carbocycles. The van der Waals surface area contributed by atoms with Crippen LogP contribution >= 0.6 is 0 Å². The first kappa shape index (κ1) is 19.9. The van der Waals surface area contributed by atoms with E-state index in [4.69, 9.17) is 9.47 Å². The monoisotopic (exact) mass is 372 g/mol. The largest absolute Gasteiger partial charge is 0.493 e. The lowest BCUT2D eigenvalue weighted by Crippen LogP contribution is -2.51. The Balaban J connectivity index is 1.56. The molecular weight excluding hydrogens is 340 g/mol. The molecule has 148 valence electrons. The van der Waals surface area contributed by atoms with E-state index in [-0.39, 0.29) is 5.91 Å². The lowest BCUT2D eigenvalue weighted by molar-refractivity contribution is -0.116. The van der Waals surface area contributed by atoms with Crippen molar-refractivity contribution >= 4 is 12.0 Å². The molecule has 27 heavy (non-hydrogen) atoms. The summed E-state index contributed by atoms with van der Waals surface area (Å²) < 4.78 is 11.0. The second-order valence-electron chi connectivity index (χ2n) is 7.34. The van der Waals surface area contributed by atoms with Crippen molar-refractivity contribution < 1.29 is 14.3 Å². The number of nitrogens with zero attached hydrogens (tertiary/aromatic N) is 1. The zero-order chi connectivity index (χ0) is 19.1. The van der Waals surface area contributed by atoms with Crippen molar-refractivity contribution in [2.75, 3.05) is 39.5 Å². The van der Waals surface area contributed by atoms with Crippen molar-refractivity contribution in [3.8, 4) is 5.75 Å². The van der Waals surface area contributed by atoms with Gasteiger partial charge in [0.1, 0.15) is 5.75 Å². The predicted octanol–water partition coefficient (Wildman–Crippen LogP) is 2.89. The van der Waals surface area contributed by atoms with Gasteiger partial charge < -0.3 is 14.8 Å². The van der Waals surface area contributed by atoms with E-state index in [0.29, 0.717) is 18.5 Å². The molecule has 0 saturated carbocycles. The Bertz CT molecular complexity index is 649. The quantitative estimate of drug-likeness (QED) is 0.713. The molecule has 1 atom stereocenters. The number of carbonyl (C=O) groups excluding carboxylic acids is 1. The highest BCUT2D eigenvalue weighted by atomic mass is 16.5. The molecule has 1 saturated heterocycles. The van der Waals surface area contributed by atoms with Crippen molar-refractivity contribution in [2.24, 2.45) is 5.92 Å². The average Bonchev–Trinajstić information content (AvgIpc) is 3.18. The highest BCUT2D eigenvalue weighted by Gasteiger charge is 2.27. The molecule has 2 heterocycles. The summed E-state index contributed by atoms with van der Waals surface area (Å²) in [5, 5.41) is 3.12. The molecule has 0 spiro atoms. The van der Waals surface area contributed by atoms with E-state index in [1.165, 1.54) is 5.56 Å². The Kier molecular flexibility index (Phi) is 7.30. The predicted molar refractivity (Wildman–Crippen MR) is 108 cm³/mol. The van der Waals surface area contributed by atoms with Crippen LogP contribution in [0.4, 0.5) is 0 Å². The van der Waals surface area contributed by atoms with Crippen LogP contribution in [0.25, 0.3) is 6.08 Å². The second kappa shape index (κ2) is 9.90. The maximum atomic E-state index is 12.4. The van der Waals surface area contributed by atoms with Crippen molar-refractivity contribution in [3.63, 3.8) is 0 Å². The van der Waals surface area contributed by atoms with Gasteiger partial charge >= 0.3 is 0 Å². The van der Waals surface area contributed by atoms with Crippen LogP contribution in [0.3, 0.4) is 0 Å². The summed E-state index contributed by atoms with van der Waals surface area (Å²) in [5.74, 6) is 1.52. The van der Waals surface area contributed by atoms with Gasteiger partial charge in [0.2, 0.25) is 5.91 Å². The van der Waals surface area contributed by atoms with Gasteiger partial charge in [-0.05, 0) is 35.3 Å². The van der Waals surface area contributed by atoms with E-state index < -0.39 is 0 Å². The summed E-state index contributed by atoms with van der Waals surface area (Å²) in [6.45, 7) is 9.38. The first-order chi connectivity index (χ1) is 13.2. The molecule has 3 rings (SSSR count). The smallest absolute Gasteiger partial charge is 0.244 e. The van der Waals surface area contributed by atoms with E-state index in [1.54, 1.807) is 6.08 Å². The Labute approximate surface area is 162 Å². The van der Waals surface area contributed by atoms with Gasteiger partial charge in [-0.25, -0.2) is 0 Å². The van der Waals surface area contributed by atoms with Gasteiger partial charge in [-0.2, -0.15) is 0 Å². The molecule has 2 aliphatic heterocycles. The van der Waals surface area contributed by atoms with E-state index in [2.05, 4.69) is 30.1 Å². The Morgan fingerprint density at radius 3 is 2.74 bits per heavy atom. The lowest BCUT2D eigenvalue weighted by atomic mass is 9.92. The lowest BCUT2D eigenvalue weighted by Gasteiger charge is -2.38. The minimum Gasteiger partial charge on any atom is -0.493 e. The number of hydrogen-bond donors (Lipinski definition) is 1. The van der Waals surface area contributed by atoms with Crippen molar-refractivity contribution in [1.29, 1.82) is 0 Å². The number of fused-ring (bicyclic) bond motifs is 1. The Morgan fingerprint density at radius 1 is 1.22 bits per heavy atom. The molecule has 5 heteroatoms. The summed E-state index contributed by atoms with van der Waals surface area (Å²) >= 11 is 0. The Hall–Kier alpha value is -1.85. The summed E-state index contributed by atoms with van der Waals surface area (Å²) in [5.41, 5.74) is 2.26. The zero-order valence-corrected chi connectivity index (χ0v) is 16.6. The molecule has 0 bridgehead atoms. The van der Waals surface area contributed by atoms with Crippen LogP contribution in [-0.4, -0.2) is 56.3 Å². The normalized spacial score (nSPS) is 18.5. The van der Waals surface area contributed by atoms with Gasteiger partial charge in [0.25, 0.3) is 0 Å². The fraction of sp³-hybridized carbons (Fsp3) is 0.591. The van der Waals surface area contributed by atoms with Crippen LogP contribution in [0, 0.1) is 5.92 Å². The zero-order valence-electron chi connectivity index (χ0n) is 16.6. The van der Waals surface area contributed by atoms with Crippen LogP contribution in [-0.2, 0) is 16.0 Å². The number of amides is 1. The molecule has 1 unspecified atom stereocenters. The van der Waals surface area contributed by atoms with Crippen LogP contribution < -0.4 is 10.1 Å². The standard InChI is InChI=1S/C22H32N2O3/c1-3-18(4-2)20(24-10-13-26-14-11-24)16-23-22(25)8-6-17-5-7-21-19(15-17)9-12-27-21/h5-8,15,18,20H,3-4,9-14,16H2,1-2H3,(H,23,25)/b8-6+. The molecule has 1 aromatic rings. The molecule has 1 aromatic carbocycles. The number of nitrogens with one attached hydrogen (secondary N) is 1. The molecule has 2 aliphatic rings. The molecule has 1 N–H and O–H groups in total. The van der Waals surface area contributed by atoms with Gasteiger partial charge in [0.15, 0.2) is 0 Å². The van der Waals surface area contributed by atoms with Crippen LogP contribution in [0.2, 0.25) is 0 Å². The first-order valence-electron chi connectivity index (χ1n) is 10.2. The molecule has 0 radical (unpaired) electrons. The third kappa shape index (κ3) is 5.33. The van der Waals surface area contributed by atoms with Gasteiger partial charge in [0, 0.05) is 38.2 Å². The number of morpholine rings is 1. The Morgan fingerprint density at radius 2 is 2.00 bits per heavy atom. The van der Waals surface area contributed by atoms with Gasteiger partial charge in [-0.15, -0.1) is 0 Å². The van der Waals surface area contributed by atoms with Crippen molar-refractivity contribution in [2.45, 2.75) is 39.2 Å². The minimum atomic E-state index is -0.0315. The van der Waals surface area contributed by atoms with Gasteiger partial charge in [-0.1, -0.05) is 32.8 Å². The topological polar surface area (TPSA) is 50.8 Å². The van der Waals surface area contributed by atoms with Crippen LogP contribution in [0.1, 0.15) is 37.8 Å². The second-order valence-corrected chi connectivity index (χ2v) is 7.34. The molecule has 1 fully saturated rings. The van der Waals surface area contributed by atoms with Gasteiger partial charge in [0.05, 0.1) is 19.8 Å². The van der Waals surface area contributed by atoms with Crippen molar-refractivity contribution in [1.82, 2.24) is 10.2 Å². The fourth-order valence-corrected chi connectivity index (χ4v) is 4.08. The maximum Gasteiger partial charge on any atom is 0.244 e. The number of ether oxygens (including phenoxy) is 2. The number of benzene rings is 1. The summed E-state index contributed by atoms with van der Waals surface area (Å²) in [6, 6.07) is 6.46. The minimum absolute atomic E-state index is 0.0315. The molecule has 0 aromatic heterocycles. The molecular formula is C22H32N2O3. The summed E-state index contributed by atoms with van der Waals surface area (Å²) in [4.78, 5) is 14.8. The maximum absolute atomic E-state index is 12.4. The molecule has 1 amide bonds. The van der Waals surface area contributed by atoms with E-state index in [9.17, 15) is 4.79 Å². The summed E-state index contributed by atoms with van der Waals surface area (Å²) in [6.07, 6.45) is 6.72. The van der Waals surface area contributed by atoms with Crippen LogP contribution in [0.15, 0.2) is 24.3 Å². The van der Waals surface area contributed by atoms with Gasteiger partial charge in [-0.3, -0.25) is 9.69 Å². The first-order valence-corrected chi connectivity index (χ1v) is 10.2. The highest BCUT2D eigenvalue weighted by molar-refractivity contribution is 5.91. The van der Waals surface area contributed by atoms with Crippen LogP contribution in [0.5, 0.6) is 5.75 Å².